The normalized spacial score (nSPS) is 12.5. The lowest BCUT2D eigenvalue weighted by molar-refractivity contribution is -0.119. The topological polar surface area (TPSA) is 29.1 Å². The second-order valence-electron chi connectivity index (χ2n) is 2.80. The van der Waals surface area contributed by atoms with Crippen LogP contribution in [0.4, 0.5) is 0 Å². The molecule has 0 aliphatic carbocycles. The fraction of sp³-hybridized carbons (Fsp3) is 0.875. The first-order valence-corrected chi connectivity index (χ1v) is 4.19. The summed E-state index contributed by atoms with van der Waals surface area (Å²) in [4.78, 5) is 10.5. The molecule has 0 aromatic heterocycles. The van der Waals surface area contributed by atoms with Gasteiger partial charge >= 0.3 is 0 Å². The van der Waals surface area contributed by atoms with Crippen LogP contribution in [0.5, 0.6) is 0 Å². The third kappa shape index (κ3) is 7.43. The van der Waals surface area contributed by atoms with E-state index >= 15 is 0 Å². The van der Waals surface area contributed by atoms with Crippen LogP contribution < -0.4 is 5.32 Å². The second-order valence-corrected chi connectivity index (χ2v) is 2.80. The number of carbonyl (C=O) groups excluding carboxylic acids is 1. The molecule has 0 saturated carbocycles. The van der Waals surface area contributed by atoms with Crippen LogP contribution in [0.1, 0.15) is 39.5 Å². The van der Waals surface area contributed by atoms with Gasteiger partial charge < -0.3 is 5.32 Å². The Hall–Kier alpha value is -0.465. The first-order chi connectivity index (χ1) is 5.16. The van der Waals surface area contributed by atoms with Gasteiger partial charge in [0, 0.05) is 6.92 Å². The SMILES string of the molecule is [B]C(CCCCC)NC(C)=O. The molecule has 0 heterocycles. The summed E-state index contributed by atoms with van der Waals surface area (Å²) in [7, 11) is 5.58. The molecule has 1 N–H and O–H groups in total. The third-order valence-electron chi connectivity index (χ3n) is 1.51. The Labute approximate surface area is 70.2 Å². The van der Waals surface area contributed by atoms with Crippen LogP contribution in [-0.2, 0) is 4.79 Å². The van der Waals surface area contributed by atoms with Crippen LogP contribution in [0.2, 0.25) is 0 Å². The first kappa shape index (κ1) is 10.5. The zero-order valence-corrected chi connectivity index (χ0v) is 7.39. The molecule has 0 bridgehead atoms. The summed E-state index contributed by atoms with van der Waals surface area (Å²) < 4.78 is 0. The van der Waals surface area contributed by atoms with E-state index in [-0.39, 0.29) is 11.8 Å². The van der Waals surface area contributed by atoms with Gasteiger partial charge in [0.1, 0.15) is 0 Å². The maximum Gasteiger partial charge on any atom is 0.216 e. The Kier molecular flexibility index (Phi) is 5.99. The molecule has 0 rings (SSSR count). The molecule has 62 valence electrons. The number of rotatable bonds is 5. The quantitative estimate of drug-likeness (QED) is 0.466. The summed E-state index contributed by atoms with van der Waals surface area (Å²) in [6, 6.07) is 0. The second kappa shape index (κ2) is 6.26. The number of hydrogen-bond acceptors (Lipinski definition) is 1. The van der Waals surface area contributed by atoms with E-state index in [1.807, 2.05) is 0 Å². The highest BCUT2D eigenvalue weighted by Crippen LogP contribution is 2.00. The van der Waals surface area contributed by atoms with Gasteiger partial charge in [-0.25, -0.2) is 0 Å². The third-order valence-corrected chi connectivity index (χ3v) is 1.51. The maximum atomic E-state index is 10.5. The molecule has 0 aliphatic heterocycles. The van der Waals surface area contributed by atoms with Crippen LogP contribution >= 0.6 is 0 Å². The zero-order chi connectivity index (χ0) is 8.69. The molecular weight excluding hydrogens is 137 g/mol. The van der Waals surface area contributed by atoms with Crippen molar-refractivity contribution in [1.82, 2.24) is 5.32 Å². The van der Waals surface area contributed by atoms with Crippen LogP contribution in [0.15, 0.2) is 0 Å². The maximum absolute atomic E-state index is 10.5. The van der Waals surface area contributed by atoms with Gasteiger partial charge in [0.2, 0.25) is 5.91 Å². The Balaban J connectivity index is 3.22. The molecule has 1 unspecified atom stereocenters. The van der Waals surface area contributed by atoms with Gasteiger partial charge in [-0.05, 0) is 12.4 Å². The van der Waals surface area contributed by atoms with E-state index in [9.17, 15) is 4.79 Å². The minimum atomic E-state index is -0.154. The van der Waals surface area contributed by atoms with Gasteiger partial charge in [-0.3, -0.25) is 4.79 Å². The Morgan fingerprint density at radius 2 is 2.18 bits per heavy atom. The fourth-order valence-electron chi connectivity index (χ4n) is 0.948. The van der Waals surface area contributed by atoms with Crippen LogP contribution in [-0.4, -0.2) is 19.7 Å². The predicted molar refractivity (Wildman–Crippen MR) is 47.5 cm³/mol. The molecule has 0 saturated heterocycles. The van der Waals surface area contributed by atoms with Gasteiger partial charge in [0.15, 0.2) is 0 Å². The first-order valence-electron chi connectivity index (χ1n) is 4.19. The minimum Gasteiger partial charge on any atom is -0.362 e. The van der Waals surface area contributed by atoms with E-state index in [0.717, 1.165) is 12.8 Å². The predicted octanol–water partition coefficient (Wildman–Crippen LogP) is 1.20. The van der Waals surface area contributed by atoms with E-state index in [4.69, 9.17) is 7.85 Å². The molecular formula is C8H16BNO. The molecule has 2 radical (unpaired) electrons. The Bertz CT molecular complexity index is 117. The number of hydrogen-bond donors (Lipinski definition) is 1. The van der Waals surface area contributed by atoms with Gasteiger partial charge in [0.25, 0.3) is 0 Å². The van der Waals surface area contributed by atoms with Crippen molar-refractivity contribution in [1.29, 1.82) is 0 Å². The van der Waals surface area contributed by atoms with Crippen molar-refractivity contribution in [3.8, 4) is 0 Å². The molecule has 11 heavy (non-hydrogen) atoms. The average Bonchev–Trinajstić information content (AvgIpc) is 1.86. The van der Waals surface area contributed by atoms with Crippen LogP contribution in [0, 0.1) is 0 Å². The molecule has 1 atom stereocenters. The molecule has 1 amide bonds. The summed E-state index contributed by atoms with van der Waals surface area (Å²) in [6.07, 6.45) is 4.35. The highest BCUT2D eigenvalue weighted by Gasteiger charge is 2.00. The smallest absolute Gasteiger partial charge is 0.216 e. The van der Waals surface area contributed by atoms with Crippen molar-refractivity contribution in [2.45, 2.75) is 45.5 Å². The van der Waals surface area contributed by atoms with Gasteiger partial charge in [-0.1, -0.05) is 26.2 Å². The zero-order valence-electron chi connectivity index (χ0n) is 7.39. The number of nitrogens with one attached hydrogen (secondary N) is 1. The molecule has 0 aromatic rings. The van der Waals surface area contributed by atoms with Crippen LogP contribution in [0.3, 0.4) is 0 Å². The van der Waals surface area contributed by atoms with E-state index in [0.29, 0.717) is 0 Å². The van der Waals surface area contributed by atoms with Gasteiger partial charge in [-0.15, -0.1) is 0 Å². The number of unbranched alkanes of at least 4 members (excludes halogenated alkanes) is 2. The largest absolute Gasteiger partial charge is 0.362 e. The summed E-state index contributed by atoms with van der Waals surface area (Å²) in [5.74, 6) is -0.201. The van der Waals surface area contributed by atoms with Crippen LogP contribution in [0.25, 0.3) is 0 Å². The molecule has 0 spiro atoms. The van der Waals surface area contributed by atoms with E-state index < -0.39 is 0 Å². The van der Waals surface area contributed by atoms with Gasteiger partial charge in [0.05, 0.1) is 7.85 Å². The van der Waals surface area contributed by atoms with E-state index in [1.165, 1.54) is 19.8 Å². The molecule has 0 aliphatic rings. The highest BCUT2D eigenvalue weighted by molar-refractivity contribution is 6.12. The van der Waals surface area contributed by atoms with Crippen molar-refractivity contribution in [3.05, 3.63) is 0 Å². The average molecular weight is 153 g/mol. The lowest BCUT2D eigenvalue weighted by atomic mass is 9.91. The summed E-state index contributed by atoms with van der Waals surface area (Å²) in [5.41, 5.74) is 0. The standard InChI is InChI=1S/C8H16BNO/c1-3-4-5-6-8(9)10-7(2)11/h8H,3-6H2,1-2H3,(H,10,11). The molecule has 3 heteroatoms. The fourth-order valence-corrected chi connectivity index (χ4v) is 0.948. The number of amides is 1. The number of carbonyl (C=O) groups is 1. The summed E-state index contributed by atoms with van der Waals surface area (Å²) in [6.45, 7) is 3.63. The Morgan fingerprint density at radius 1 is 1.55 bits per heavy atom. The minimum absolute atomic E-state index is 0.0472. The van der Waals surface area contributed by atoms with Crippen molar-refractivity contribution in [3.63, 3.8) is 0 Å². The monoisotopic (exact) mass is 153 g/mol. The summed E-state index contributed by atoms with van der Waals surface area (Å²) in [5, 5.41) is 2.64. The lowest BCUT2D eigenvalue weighted by Gasteiger charge is -2.11. The van der Waals surface area contributed by atoms with Crippen molar-refractivity contribution in [2.75, 3.05) is 0 Å². The summed E-state index contributed by atoms with van der Waals surface area (Å²) >= 11 is 0. The van der Waals surface area contributed by atoms with Crippen molar-refractivity contribution < 1.29 is 4.79 Å². The van der Waals surface area contributed by atoms with Crippen molar-refractivity contribution in [2.24, 2.45) is 0 Å². The lowest BCUT2D eigenvalue weighted by Crippen LogP contribution is -2.33. The molecule has 2 nitrogen and oxygen atoms in total. The van der Waals surface area contributed by atoms with Crippen molar-refractivity contribution >= 4 is 13.8 Å². The van der Waals surface area contributed by atoms with E-state index in [2.05, 4.69) is 12.2 Å². The van der Waals surface area contributed by atoms with E-state index in [1.54, 1.807) is 0 Å². The highest BCUT2D eigenvalue weighted by atomic mass is 16.1. The van der Waals surface area contributed by atoms with Gasteiger partial charge in [-0.2, -0.15) is 0 Å². The molecule has 0 fully saturated rings. The Morgan fingerprint density at radius 3 is 2.64 bits per heavy atom. The molecule has 0 aromatic carbocycles.